The third-order valence-corrected chi connectivity index (χ3v) is 6.36. The largest absolute Gasteiger partial charge is 0.303 e. The normalized spacial score (nSPS) is 17.7. The molecule has 0 bridgehead atoms. The van der Waals surface area contributed by atoms with Gasteiger partial charge in [0, 0.05) is 17.5 Å². The maximum absolute atomic E-state index is 14.2. The fourth-order valence-corrected chi connectivity index (χ4v) is 4.37. The van der Waals surface area contributed by atoms with E-state index >= 15 is 0 Å². The number of carbonyl (C=O) groups is 1. The number of aryl methyl sites for hydroxylation is 1. The molecule has 3 rings (SSSR count). The van der Waals surface area contributed by atoms with Gasteiger partial charge in [0.15, 0.2) is 0 Å². The lowest BCUT2D eigenvalue weighted by Gasteiger charge is -2.29. The van der Waals surface area contributed by atoms with Gasteiger partial charge < -0.3 is 5.32 Å². The molecule has 1 amide bonds. The van der Waals surface area contributed by atoms with E-state index < -0.39 is 17.7 Å². The molecule has 1 aliphatic carbocycles. The number of nitrogens with one attached hydrogen (secondary N) is 2. The van der Waals surface area contributed by atoms with Gasteiger partial charge in [-0.15, -0.1) is 10.2 Å². The van der Waals surface area contributed by atoms with Crippen molar-refractivity contribution in [2.24, 2.45) is 0 Å². The second-order valence-electron chi connectivity index (χ2n) is 8.62. The molecule has 0 aliphatic heterocycles. The van der Waals surface area contributed by atoms with Gasteiger partial charge in [0.25, 0.3) is 0 Å². The molecule has 1 aliphatic rings. The van der Waals surface area contributed by atoms with Crippen molar-refractivity contribution in [1.29, 1.82) is 0 Å². The predicted molar refractivity (Wildman–Crippen MR) is 111 cm³/mol. The van der Waals surface area contributed by atoms with Crippen molar-refractivity contribution in [3.8, 4) is 0 Å². The van der Waals surface area contributed by atoms with E-state index in [4.69, 9.17) is 0 Å². The summed E-state index contributed by atoms with van der Waals surface area (Å²) in [6.07, 6.45) is 3.26. The SMILES string of the molecule is CCC[C@H](NC1CCc2cc(F)cc(F)c2C1)C(=O)Nc1nnc(C(C)(C)C)s1. The fraction of sp³-hybridized carbons (Fsp3) is 0.571. The Labute approximate surface area is 174 Å². The van der Waals surface area contributed by atoms with E-state index in [1.165, 1.54) is 17.4 Å². The van der Waals surface area contributed by atoms with Crippen molar-refractivity contribution < 1.29 is 13.6 Å². The Balaban J connectivity index is 1.67. The summed E-state index contributed by atoms with van der Waals surface area (Å²) in [6.45, 7) is 8.16. The Morgan fingerprint density at radius 2 is 2.07 bits per heavy atom. The Morgan fingerprint density at radius 1 is 1.31 bits per heavy atom. The van der Waals surface area contributed by atoms with Crippen LogP contribution in [0.1, 0.15) is 63.1 Å². The van der Waals surface area contributed by atoms with E-state index in [0.29, 0.717) is 30.0 Å². The summed E-state index contributed by atoms with van der Waals surface area (Å²) < 4.78 is 27.6. The number of anilines is 1. The smallest absolute Gasteiger partial charge is 0.243 e. The highest BCUT2D eigenvalue weighted by Gasteiger charge is 2.28. The molecule has 0 spiro atoms. The highest BCUT2D eigenvalue weighted by Crippen LogP contribution is 2.28. The molecular weight excluding hydrogens is 394 g/mol. The van der Waals surface area contributed by atoms with E-state index in [1.54, 1.807) is 0 Å². The van der Waals surface area contributed by atoms with Crippen LogP contribution in [-0.2, 0) is 23.1 Å². The van der Waals surface area contributed by atoms with Gasteiger partial charge in [-0.25, -0.2) is 8.78 Å². The van der Waals surface area contributed by atoms with Crippen molar-refractivity contribution in [3.05, 3.63) is 39.9 Å². The number of aromatic nitrogens is 2. The average Bonchev–Trinajstić information content (AvgIpc) is 3.10. The van der Waals surface area contributed by atoms with Gasteiger partial charge in [-0.1, -0.05) is 45.5 Å². The van der Waals surface area contributed by atoms with Crippen LogP contribution in [0, 0.1) is 11.6 Å². The van der Waals surface area contributed by atoms with E-state index in [1.807, 2.05) is 27.7 Å². The summed E-state index contributed by atoms with van der Waals surface area (Å²) in [5.41, 5.74) is 1.14. The topological polar surface area (TPSA) is 66.9 Å². The molecule has 1 unspecified atom stereocenters. The van der Waals surface area contributed by atoms with Gasteiger partial charge in [-0.3, -0.25) is 10.1 Å². The van der Waals surface area contributed by atoms with Crippen molar-refractivity contribution in [1.82, 2.24) is 15.5 Å². The third-order valence-electron chi connectivity index (χ3n) is 5.09. The van der Waals surface area contributed by atoms with Crippen LogP contribution in [-0.4, -0.2) is 28.2 Å². The Morgan fingerprint density at radius 3 is 2.72 bits per heavy atom. The number of nitrogens with zero attached hydrogens (tertiary/aromatic N) is 2. The number of hydrogen-bond donors (Lipinski definition) is 2. The molecule has 8 heteroatoms. The molecule has 0 fully saturated rings. The number of rotatable bonds is 6. The molecule has 1 heterocycles. The van der Waals surface area contributed by atoms with Crippen LogP contribution in [0.4, 0.5) is 13.9 Å². The summed E-state index contributed by atoms with van der Waals surface area (Å²) in [4.78, 5) is 12.8. The van der Waals surface area contributed by atoms with E-state index in [0.717, 1.165) is 29.5 Å². The number of benzene rings is 1. The average molecular weight is 423 g/mol. The van der Waals surface area contributed by atoms with Crippen molar-refractivity contribution in [2.75, 3.05) is 5.32 Å². The minimum Gasteiger partial charge on any atom is -0.303 e. The van der Waals surface area contributed by atoms with Gasteiger partial charge in [-0.05, 0) is 42.9 Å². The van der Waals surface area contributed by atoms with Crippen molar-refractivity contribution >= 4 is 22.4 Å². The van der Waals surface area contributed by atoms with Crippen LogP contribution in [0.2, 0.25) is 0 Å². The Kier molecular flexibility index (Phi) is 6.63. The Hall–Kier alpha value is -1.93. The van der Waals surface area contributed by atoms with Crippen LogP contribution in [0.3, 0.4) is 0 Å². The molecule has 29 heavy (non-hydrogen) atoms. The summed E-state index contributed by atoms with van der Waals surface area (Å²) in [6, 6.07) is 1.90. The predicted octanol–water partition coefficient (Wildman–Crippen LogP) is 4.37. The maximum Gasteiger partial charge on any atom is 0.243 e. The maximum atomic E-state index is 14.2. The highest BCUT2D eigenvalue weighted by atomic mass is 32.1. The highest BCUT2D eigenvalue weighted by molar-refractivity contribution is 7.15. The lowest BCUT2D eigenvalue weighted by atomic mass is 9.87. The Bertz CT molecular complexity index is 878. The number of halogens is 2. The molecule has 2 N–H and O–H groups in total. The van der Waals surface area contributed by atoms with Gasteiger partial charge in [-0.2, -0.15) is 0 Å². The number of carbonyl (C=O) groups excluding carboxylic acids is 1. The quantitative estimate of drug-likeness (QED) is 0.726. The first-order valence-corrected chi connectivity index (χ1v) is 10.9. The molecule has 2 atom stereocenters. The lowest BCUT2D eigenvalue weighted by molar-refractivity contribution is -0.118. The van der Waals surface area contributed by atoms with Gasteiger partial charge in [0.05, 0.1) is 6.04 Å². The van der Waals surface area contributed by atoms with Gasteiger partial charge in [0.2, 0.25) is 11.0 Å². The molecule has 0 saturated heterocycles. The standard InChI is InChI=1S/C21H28F2N4OS/c1-5-6-17(18(28)25-20-27-26-19(29-20)21(2,3)4)24-14-8-7-12-9-13(22)10-16(23)15(12)11-14/h9-10,14,17,24H,5-8,11H2,1-4H3,(H,25,27,28)/t14?,17-/m0/s1. The molecule has 158 valence electrons. The van der Waals surface area contributed by atoms with E-state index in [9.17, 15) is 13.6 Å². The van der Waals surface area contributed by atoms with Gasteiger partial charge >= 0.3 is 0 Å². The number of amides is 1. The minimum atomic E-state index is -0.539. The van der Waals surface area contributed by atoms with E-state index in [2.05, 4.69) is 20.8 Å². The molecule has 1 aromatic carbocycles. The second-order valence-corrected chi connectivity index (χ2v) is 9.60. The summed E-state index contributed by atoms with van der Waals surface area (Å²) >= 11 is 1.38. The first-order valence-electron chi connectivity index (χ1n) is 10.0. The third kappa shape index (κ3) is 5.36. The molecule has 2 aromatic rings. The summed E-state index contributed by atoms with van der Waals surface area (Å²) in [5.74, 6) is -1.21. The molecule has 5 nitrogen and oxygen atoms in total. The van der Waals surface area contributed by atoms with Crippen LogP contribution >= 0.6 is 11.3 Å². The van der Waals surface area contributed by atoms with Crippen molar-refractivity contribution in [3.63, 3.8) is 0 Å². The van der Waals surface area contributed by atoms with E-state index in [-0.39, 0.29) is 17.4 Å². The summed E-state index contributed by atoms with van der Waals surface area (Å²) in [7, 11) is 0. The molecule has 0 saturated carbocycles. The first kappa shape index (κ1) is 21.8. The monoisotopic (exact) mass is 422 g/mol. The molecule has 0 radical (unpaired) electrons. The fourth-order valence-electron chi connectivity index (χ4n) is 3.56. The summed E-state index contributed by atoms with van der Waals surface area (Å²) in [5, 5.41) is 15.8. The first-order chi connectivity index (χ1) is 13.7. The minimum absolute atomic E-state index is 0.0377. The molecular formula is C21H28F2N4OS. The molecule has 1 aromatic heterocycles. The lowest BCUT2D eigenvalue weighted by Crippen LogP contribution is -2.47. The van der Waals surface area contributed by atoms with Crippen LogP contribution < -0.4 is 10.6 Å². The van der Waals surface area contributed by atoms with Crippen LogP contribution in [0.25, 0.3) is 0 Å². The van der Waals surface area contributed by atoms with Crippen LogP contribution in [0.5, 0.6) is 0 Å². The number of hydrogen-bond acceptors (Lipinski definition) is 5. The van der Waals surface area contributed by atoms with Crippen LogP contribution in [0.15, 0.2) is 12.1 Å². The zero-order valence-electron chi connectivity index (χ0n) is 17.3. The second kappa shape index (κ2) is 8.83. The van der Waals surface area contributed by atoms with Gasteiger partial charge in [0.1, 0.15) is 16.6 Å². The zero-order valence-corrected chi connectivity index (χ0v) is 18.1. The zero-order chi connectivity index (χ0) is 21.2. The van der Waals surface area contributed by atoms with Crippen molar-refractivity contribution in [2.45, 2.75) is 77.3 Å². The number of fused-ring (bicyclic) bond motifs is 1.